The summed E-state index contributed by atoms with van der Waals surface area (Å²) in [7, 11) is 0. The highest BCUT2D eigenvalue weighted by Gasteiger charge is 2.15. The van der Waals surface area contributed by atoms with Crippen molar-refractivity contribution in [2.75, 3.05) is 13.2 Å². The van der Waals surface area contributed by atoms with Crippen molar-refractivity contribution in [1.82, 2.24) is 5.32 Å². The number of hydrogen-bond acceptors (Lipinski definition) is 2. The second-order valence-electron chi connectivity index (χ2n) is 5.51. The van der Waals surface area contributed by atoms with Crippen LogP contribution >= 0.6 is 15.9 Å². The summed E-state index contributed by atoms with van der Waals surface area (Å²) in [5.74, 6) is 0. The number of likely N-dealkylation sites (N-methyl/N-ethyl adjacent to an activating group) is 1. The Morgan fingerprint density at radius 3 is 2.61 bits per heavy atom. The molecule has 1 atom stereocenters. The Bertz CT molecular complexity index is 360. The van der Waals surface area contributed by atoms with E-state index >= 15 is 0 Å². The molecule has 0 amide bonds. The minimum absolute atomic E-state index is 0.0784. The van der Waals surface area contributed by atoms with Crippen molar-refractivity contribution in [2.45, 2.75) is 45.8 Å². The fraction of sp³-hybridized carbons (Fsp3) is 0.600. The van der Waals surface area contributed by atoms with E-state index in [1.54, 1.807) is 0 Å². The summed E-state index contributed by atoms with van der Waals surface area (Å²) < 4.78 is 7.00. The van der Waals surface area contributed by atoms with Crippen LogP contribution in [-0.4, -0.2) is 24.8 Å². The van der Waals surface area contributed by atoms with E-state index in [0.717, 1.165) is 24.0 Å². The third kappa shape index (κ3) is 6.53. The van der Waals surface area contributed by atoms with Crippen molar-refractivity contribution >= 4 is 15.9 Å². The predicted molar refractivity (Wildman–Crippen MR) is 81.0 cm³/mol. The van der Waals surface area contributed by atoms with E-state index in [-0.39, 0.29) is 5.60 Å². The molecule has 1 unspecified atom stereocenters. The van der Waals surface area contributed by atoms with Gasteiger partial charge in [-0.2, -0.15) is 0 Å². The Morgan fingerprint density at radius 2 is 2.06 bits per heavy atom. The topological polar surface area (TPSA) is 21.3 Å². The van der Waals surface area contributed by atoms with Gasteiger partial charge in [0.05, 0.1) is 12.2 Å². The van der Waals surface area contributed by atoms with Gasteiger partial charge in [-0.3, -0.25) is 0 Å². The molecule has 3 heteroatoms. The van der Waals surface area contributed by atoms with E-state index < -0.39 is 0 Å². The maximum Gasteiger partial charge on any atom is 0.0629 e. The molecule has 2 nitrogen and oxygen atoms in total. The van der Waals surface area contributed by atoms with Gasteiger partial charge >= 0.3 is 0 Å². The van der Waals surface area contributed by atoms with Gasteiger partial charge in [-0.25, -0.2) is 0 Å². The van der Waals surface area contributed by atoms with Crippen LogP contribution < -0.4 is 5.32 Å². The Kier molecular flexibility index (Phi) is 6.33. The minimum Gasteiger partial charge on any atom is -0.374 e. The van der Waals surface area contributed by atoms with E-state index in [4.69, 9.17) is 4.74 Å². The van der Waals surface area contributed by atoms with Crippen LogP contribution in [0, 0.1) is 0 Å². The first-order chi connectivity index (χ1) is 8.40. The molecule has 102 valence electrons. The molecule has 0 fully saturated rings. The molecule has 0 aliphatic carbocycles. The molecule has 0 saturated heterocycles. The third-order valence-corrected chi connectivity index (χ3v) is 3.07. The van der Waals surface area contributed by atoms with Crippen molar-refractivity contribution in [2.24, 2.45) is 0 Å². The number of halogens is 1. The first-order valence-corrected chi connectivity index (χ1v) is 7.32. The first-order valence-electron chi connectivity index (χ1n) is 6.52. The lowest BCUT2D eigenvalue weighted by Gasteiger charge is -2.25. The molecule has 0 saturated carbocycles. The third-order valence-electron chi connectivity index (χ3n) is 2.58. The van der Waals surface area contributed by atoms with E-state index in [0.29, 0.717) is 6.04 Å². The fourth-order valence-corrected chi connectivity index (χ4v) is 2.22. The van der Waals surface area contributed by atoms with E-state index in [1.807, 2.05) is 0 Å². The van der Waals surface area contributed by atoms with Crippen molar-refractivity contribution in [3.05, 3.63) is 34.3 Å². The maximum absolute atomic E-state index is 5.87. The molecule has 0 bridgehead atoms. The normalized spacial score (nSPS) is 13.6. The molecule has 0 aromatic heterocycles. The molecular weight excluding hydrogens is 290 g/mol. The summed E-state index contributed by atoms with van der Waals surface area (Å²) in [6.45, 7) is 10.1. The summed E-state index contributed by atoms with van der Waals surface area (Å²) in [5.41, 5.74) is 1.25. The van der Waals surface area contributed by atoms with Crippen molar-refractivity contribution in [3.63, 3.8) is 0 Å². The summed E-state index contributed by atoms with van der Waals surface area (Å²) in [4.78, 5) is 0. The number of benzene rings is 1. The van der Waals surface area contributed by atoms with Crippen molar-refractivity contribution in [1.29, 1.82) is 0 Å². The Balaban J connectivity index is 2.57. The first kappa shape index (κ1) is 15.7. The zero-order valence-corrected chi connectivity index (χ0v) is 13.4. The average Bonchev–Trinajstić information content (AvgIpc) is 2.25. The number of nitrogens with one attached hydrogen (secondary N) is 1. The smallest absolute Gasteiger partial charge is 0.0629 e. The lowest BCUT2D eigenvalue weighted by atomic mass is 10.1. The highest BCUT2D eigenvalue weighted by Crippen LogP contribution is 2.14. The predicted octanol–water partition coefficient (Wildman–Crippen LogP) is 3.78. The molecule has 0 aliphatic rings. The van der Waals surface area contributed by atoms with Crippen molar-refractivity contribution < 1.29 is 4.74 Å². The van der Waals surface area contributed by atoms with Crippen molar-refractivity contribution in [3.8, 4) is 0 Å². The largest absolute Gasteiger partial charge is 0.374 e. The Morgan fingerprint density at radius 1 is 1.33 bits per heavy atom. The van der Waals surface area contributed by atoms with Gasteiger partial charge in [0.2, 0.25) is 0 Å². The fourth-order valence-electron chi connectivity index (χ4n) is 1.78. The summed E-state index contributed by atoms with van der Waals surface area (Å²) in [5, 5.41) is 3.48. The Labute approximate surface area is 119 Å². The van der Waals surface area contributed by atoms with Crippen LogP contribution in [0.5, 0.6) is 0 Å². The molecule has 18 heavy (non-hydrogen) atoms. The van der Waals surface area contributed by atoms with Gasteiger partial charge in [-0.05, 0) is 51.4 Å². The minimum atomic E-state index is -0.0784. The quantitative estimate of drug-likeness (QED) is 0.863. The second kappa shape index (κ2) is 7.27. The molecule has 0 radical (unpaired) electrons. The van der Waals surface area contributed by atoms with Crippen LogP contribution in [0.1, 0.15) is 33.3 Å². The molecule has 0 heterocycles. The molecule has 0 spiro atoms. The standard InChI is InChI=1S/C15H24BrNO/c1-5-17-14(11-18-15(2,3)4)10-12-7-6-8-13(16)9-12/h6-9,14,17H,5,10-11H2,1-4H3. The molecule has 1 aromatic rings. The zero-order chi connectivity index (χ0) is 13.6. The van der Waals surface area contributed by atoms with E-state index in [1.165, 1.54) is 5.56 Å². The highest BCUT2D eigenvalue weighted by molar-refractivity contribution is 9.10. The van der Waals surface area contributed by atoms with Gasteiger partial charge in [0.1, 0.15) is 0 Å². The summed E-state index contributed by atoms with van der Waals surface area (Å²) in [6.07, 6.45) is 0.989. The zero-order valence-electron chi connectivity index (χ0n) is 11.8. The number of rotatable bonds is 6. The van der Waals surface area contributed by atoms with Gasteiger partial charge in [-0.1, -0.05) is 35.0 Å². The van der Waals surface area contributed by atoms with E-state index in [9.17, 15) is 0 Å². The number of ether oxygens (including phenoxy) is 1. The average molecular weight is 314 g/mol. The maximum atomic E-state index is 5.87. The molecule has 1 aromatic carbocycles. The SMILES string of the molecule is CCNC(COC(C)(C)C)Cc1cccc(Br)c1. The van der Waals surface area contributed by atoms with Gasteiger partial charge in [0.15, 0.2) is 0 Å². The molecular formula is C15H24BrNO. The second-order valence-corrected chi connectivity index (χ2v) is 6.43. The van der Waals surface area contributed by atoms with Crippen LogP contribution in [0.3, 0.4) is 0 Å². The van der Waals surface area contributed by atoms with E-state index in [2.05, 4.69) is 73.2 Å². The molecule has 1 N–H and O–H groups in total. The van der Waals surface area contributed by atoms with Crippen LogP contribution in [-0.2, 0) is 11.2 Å². The van der Waals surface area contributed by atoms with Gasteiger partial charge in [-0.15, -0.1) is 0 Å². The van der Waals surface area contributed by atoms with Crippen LogP contribution in [0.2, 0.25) is 0 Å². The lowest BCUT2D eigenvalue weighted by Crippen LogP contribution is -2.38. The highest BCUT2D eigenvalue weighted by atomic mass is 79.9. The molecule has 1 rings (SSSR count). The monoisotopic (exact) mass is 313 g/mol. The van der Waals surface area contributed by atoms with Crippen LogP contribution in [0.4, 0.5) is 0 Å². The van der Waals surface area contributed by atoms with Gasteiger partial charge < -0.3 is 10.1 Å². The Hall–Kier alpha value is -0.380. The van der Waals surface area contributed by atoms with Crippen LogP contribution in [0.15, 0.2) is 28.7 Å². The summed E-state index contributed by atoms with van der Waals surface area (Å²) in [6, 6.07) is 8.82. The number of hydrogen-bond donors (Lipinski definition) is 1. The van der Waals surface area contributed by atoms with Gasteiger partial charge in [0.25, 0.3) is 0 Å². The lowest BCUT2D eigenvalue weighted by molar-refractivity contribution is -0.0141. The van der Waals surface area contributed by atoms with Gasteiger partial charge in [0, 0.05) is 10.5 Å². The summed E-state index contributed by atoms with van der Waals surface area (Å²) >= 11 is 3.51. The van der Waals surface area contributed by atoms with Crippen LogP contribution in [0.25, 0.3) is 0 Å². The molecule has 0 aliphatic heterocycles.